The Balaban J connectivity index is 1.77. The van der Waals surface area contributed by atoms with E-state index in [0.717, 1.165) is 28.3 Å². The molecular weight excluding hydrogens is 456 g/mol. The number of aryl methyl sites for hydroxylation is 1. The summed E-state index contributed by atoms with van der Waals surface area (Å²) in [6.07, 6.45) is 0. The van der Waals surface area contributed by atoms with Crippen LogP contribution in [0.5, 0.6) is 17.2 Å². The average molecular weight is 483 g/mol. The van der Waals surface area contributed by atoms with Crippen LogP contribution < -0.4 is 25.3 Å². The third-order valence-electron chi connectivity index (χ3n) is 5.27. The Hall–Kier alpha value is -3.66. The van der Waals surface area contributed by atoms with Crippen molar-refractivity contribution in [2.75, 3.05) is 31.4 Å². The number of rotatable bonds is 8. The van der Waals surface area contributed by atoms with E-state index in [0.29, 0.717) is 23.9 Å². The van der Waals surface area contributed by atoms with E-state index in [1.54, 1.807) is 17.9 Å². The molecule has 0 aliphatic carbocycles. The third-order valence-corrected chi connectivity index (χ3v) is 6.54. The quantitative estimate of drug-likeness (QED) is 0.506. The summed E-state index contributed by atoms with van der Waals surface area (Å²) >= 11 is 1.51. The molecule has 1 unspecified atom stereocenters. The van der Waals surface area contributed by atoms with Crippen molar-refractivity contribution in [2.24, 2.45) is 5.73 Å². The van der Waals surface area contributed by atoms with Gasteiger partial charge in [0.2, 0.25) is 5.91 Å². The van der Waals surface area contributed by atoms with Crippen LogP contribution in [0.2, 0.25) is 0 Å². The number of anilines is 1. The highest BCUT2D eigenvalue weighted by Crippen LogP contribution is 2.45. The number of methoxy groups -OCH3 is 1. The Kier molecular flexibility index (Phi) is 6.97. The highest BCUT2D eigenvalue weighted by atomic mass is 32.2. The largest absolute Gasteiger partial charge is 0.497 e. The predicted octanol–water partition coefficient (Wildman–Crippen LogP) is 3.23. The number of benzene rings is 2. The summed E-state index contributed by atoms with van der Waals surface area (Å²) in [5, 5.41) is 7.58. The number of nitrogens with one attached hydrogen (secondary N) is 1. The normalized spacial score (nSPS) is 15.1. The summed E-state index contributed by atoms with van der Waals surface area (Å²) in [6, 6.07) is 13.0. The number of nitrogens with two attached hydrogens (primary N) is 1. The van der Waals surface area contributed by atoms with E-state index in [-0.39, 0.29) is 23.5 Å². The lowest BCUT2D eigenvalue weighted by Gasteiger charge is -2.18. The van der Waals surface area contributed by atoms with Crippen molar-refractivity contribution < 1.29 is 23.8 Å². The van der Waals surface area contributed by atoms with Crippen molar-refractivity contribution >= 4 is 29.4 Å². The van der Waals surface area contributed by atoms with Crippen LogP contribution >= 0.6 is 11.8 Å². The average Bonchev–Trinajstić information content (AvgIpc) is 3.03. The number of fused-ring (bicyclic) bond motifs is 1. The van der Waals surface area contributed by atoms with Crippen LogP contribution in [-0.2, 0) is 9.59 Å². The first-order valence-electron chi connectivity index (χ1n) is 10.7. The number of carbonyl (C=O) groups excluding carboxylic acids is 2. The van der Waals surface area contributed by atoms with E-state index >= 15 is 0 Å². The van der Waals surface area contributed by atoms with Gasteiger partial charge in [0.25, 0.3) is 5.91 Å². The zero-order chi connectivity index (χ0) is 24.2. The Morgan fingerprint density at radius 2 is 1.97 bits per heavy atom. The Bertz CT molecular complexity index is 1210. The third kappa shape index (κ3) is 4.81. The van der Waals surface area contributed by atoms with Crippen LogP contribution in [0, 0.1) is 6.92 Å². The molecule has 0 spiro atoms. The molecule has 2 aromatic carbocycles. The number of hydrogen-bond acceptors (Lipinski definition) is 7. The number of thioether (sulfide) groups is 1. The first kappa shape index (κ1) is 23.5. The van der Waals surface area contributed by atoms with Crippen LogP contribution in [0.4, 0.5) is 5.82 Å². The maximum absolute atomic E-state index is 12.6. The number of primary amides is 1. The van der Waals surface area contributed by atoms with Gasteiger partial charge in [-0.1, -0.05) is 6.07 Å². The molecule has 2 amide bonds. The van der Waals surface area contributed by atoms with E-state index in [2.05, 4.69) is 5.32 Å². The molecule has 3 N–H and O–H groups in total. The lowest BCUT2D eigenvalue weighted by molar-refractivity contribution is -0.120. The van der Waals surface area contributed by atoms with Crippen molar-refractivity contribution in [3.63, 3.8) is 0 Å². The molecule has 1 aliphatic rings. The lowest BCUT2D eigenvalue weighted by Crippen LogP contribution is -2.20. The number of aromatic nitrogens is 2. The maximum atomic E-state index is 12.6. The fraction of sp³-hybridized carbons (Fsp3) is 0.292. The van der Waals surface area contributed by atoms with E-state index in [1.165, 1.54) is 11.8 Å². The standard InChI is InChI=1S/C24H26N4O5S/c1-4-32-19-11-15(5-10-18(19)33-12-20(25)29)23-22-14(2)27-28(24(22)26-21(30)13-34-23)16-6-8-17(31-3)9-7-16/h5-11,23H,4,12-13H2,1-3H3,(H2,25,29)(H,26,30). The van der Waals surface area contributed by atoms with Crippen LogP contribution in [0.15, 0.2) is 42.5 Å². The molecule has 0 fully saturated rings. The molecule has 1 aromatic heterocycles. The number of nitrogens with zero attached hydrogens (tertiary/aromatic N) is 2. The number of ether oxygens (including phenoxy) is 3. The van der Waals surface area contributed by atoms with Crippen LogP contribution in [0.1, 0.15) is 29.0 Å². The van der Waals surface area contributed by atoms with Gasteiger partial charge in [0.1, 0.15) is 11.6 Å². The lowest BCUT2D eigenvalue weighted by atomic mass is 10.0. The molecule has 0 radical (unpaired) electrons. The summed E-state index contributed by atoms with van der Waals surface area (Å²) in [5.41, 5.74) is 8.67. The molecule has 1 atom stereocenters. The molecule has 178 valence electrons. The van der Waals surface area contributed by atoms with Crippen LogP contribution in [0.25, 0.3) is 5.69 Å². The number of amides is 2. The van der Waals surface area contributed by atoms with E-state index in [4.69, 9.17) is 25.0 Å². The summed E-state index contributed by atoms with van der Waals surface area (Å²) < 4.78 is 18.3. The highest BCUT2D eigenvalue weighted by molar-refractivity contribution is 8.00. The Morgan fingerprint density at radius 1 is 1.21 bits per heavy atom. The van der Waals surface area contributed by atoms with Crippen molar-refractivity contribution in [1.82, 2.24) is 9.78 Å². The first-order chi connectivity index (χ1) is 16.4. The van der Waals surface area contributed by atoms with Crippen LogP contribution in [-0.4, -0.2) is 47.7 Å². The van der Waals surface area contributed by atoms with Crippen molar-refractivity contribution in [2.45, 2.75) is 19.1 Å². The van der Waals surface area contributed by atoms with Gasteiger partial charge in [-0.2, -0.15) is 5.10 Å². The molecule has 10 heteroatoms. The van der Waals surface area contributed by atoms with Crippen molar-refractivity contribution in [1.29, 1.82) is 0 Å². The molecule has 0 bridgehead atoms. The van der Waals surface area contributed by atoms with Gasteiger partial charge in [-0.05, 0) is 55.8 Å². The first-order valence-corrected chi connectivity index (χ1v) is 11.8. The fourth-order valence-corrected chi connectivity index (χ4v) is 4.96. The molecule has 4 rings (SSSR count). The smallest absolute Gasteiger partial charge is 0.255 e. The maximum Gasteiger partial charge on any atom is 0.255 e. The summed E-state index contributed by atoms with van der Waals surface area (Å²) in [5.74, 6) is 1.92. The molecule has 1 aliphatic heterocycles. The van der Waals surface area contributed by atoms with E-state index < -0.39 is 5.91 Å². The molecule has 3 aromatic rings. The van der Waals surface area contributed by atoms with Gasteiger partial charge in [0.05, 0.1) is 36.1 Å². The van der Waals surface area contributed by atoms with Gasteiger partial charge in [-0.15, -0.1) is 11.8 Å². The molecule has 34 heavy (non-hydrogen) atoms. The highest BCUT2D eigenvalue weighted by Gasteiger charge is 2.31. The monoisotopic (exact) mass is 482 g/mol. The topological polar surface area (TPSA) is 118 Å². The van der Waals surface area contributed by atoms with Gasteiger partial charge in [0.15, 0.2) is 18.1 Å². The summed E-state index contributed by atoms with van der Waals surface area (Å²) in [4.78, 5) is 23.8. The number of carbonyl (C=O) groups is 2. The predicted molar refractivity (Wildman–Crippen MR) is 130 cm³/mol. The molecule has 0 saturated carbocycles. The van der Waals surface area contributed by atoms with Gasteiger partial charge in [-0.3, -0.25) is 9.59 Å². The van der Waals surface area contributed by atoms with E-state index in [9.17, 15) is 9.59 Å². The summed E-state index contributed by atoms with van der Waals surface area (Å²) in [7, 11) is 1.61. The number of hydrogen-bond donors (Lipinski definition) is 2. The zero-order valence-electron chi connectivity index (χ0n) is 19.2. The van der Waals surface area contributed by atoms with Crippen molar-refractivity contribution in [3.05, 3.63) is 59.3 Å². The fourth-order valence-electron chi connectivity index (χ4n) is 3.78. The second-order valence-corrected chi connectivity index (χ2v) is 8.68. The minimum Gasteiger partial charge on any atom is -0.497 e. The molecule has 9 nitrogen and oxygen atoms in total. The van der Waals surface area contributed by atoms with Crippen LogP contribution in [0.3, 0.4) is 0 Å². The Morgan fingerprint density at radius 3 is 2.65 bits per heavy atom. The van der Waals surface area contributed by atoms with Gasteiger partial charge < -0.3 is 25.3 Å². The van der Waals surface area contributed by atoms with E-state index in [1.807, 2.05) is 50.2 Å². The summed E-state index contributed by atoms with van der Waals surface area (Å²) in [6.45, 7) is 3.98. The molecule has 2 heterocycles. The minimum atomic E-state index is -0.568. The zero-order valence-corrected chi connectivity index (χ0v) is 20.0. The van der Waals surface area contributed by atoms with Crippen molar-refractivity contribution in [3.8, 4) is 22.9 Å². The molecule has 0 saturated heterocycles. The van der Waals surface area contributed by atoms with Gasteiger partial charge in [-0.25, -0.2) is 4.68 Å². The second-order valence-electron chi connectivity index (χ2n) is 7.59. The minimum absolute atomic E-state index is 0.102. The van der Waals surface area contributed by atoms with Gasteiger partial charge >= 0.3 is 0 Å². The molecular formula is C24H26N4O5S. The van der Waals surface area contributed by atoms with Gasteiger partial charge in [0, 0.05) is 5.56 Å². The second kappa shape index (κ2) is 10.1. The Labute approximate surface area is 201 Å². The SMILES string of the molecule is CCOc1cc(C2SCC(=O)Nc3c2c(C)nn3-c2ccc(OC)cc2)ccc1OCC(N)=O.